The maximum absolute atomic E-state index is 13.9. The van der Waals surface area contributed by atoms with E-state index in [0.29, 0.717) is 34.2 Å². The van der Waals surface area contributed by atoms with Gasteiger partial charge in [0.15, 0.2) is 5.11 Å². The van der Waals surface area contributed by atoms with Crippen LogP contribution >= 0.6 is 12.2 Å². The molecule has 0 saturated carbocycles. The molecule has 0 aromatic heterocycles. The predicted octanol–water partition coefficient (Wildman–Crippen LogP) is 4.39. The molecule has 152 valence electrons. The Hall–Kier alpha value is -2.93. The first-order chi connectivity index (χ1) is 14.0. The molecule has 2 aromatic carbocycles. The summed E-state index contributed by atoms with van der Waals surface area (Å²) in [4.78, 5) is 15.2. The standard InChI is InChI=1S/C22H24FN3O2S/c1-4-12-26-14(2)19(21(27)24-17-10-5-6-11-18(17)28-3)20(25-22(26)29)15-8-7-9-16(23)13-15/h5-11,13,20H,4,12H2,1-3H3,(H,24,27)(H,25,29)/t20-/m0/s1. The molecular weight excluding hydrogens is 389 g/mol. The molecule has 1 aliphatic rings. The summed E-state index contributed by atoms with van der Waals surface area (Å²) in [6.45, 7) is 4.59. The molecule has 1 heterocycles. The van der Waals surface area contributed by atoms with Crippen molar-refractivity contribution >= 4 is 28.9 Å². The number of carbonyl (C=O) groups is 1. The van der Waals surface area contributed by atoms with Crippen molar-refractivity contribution in [2.75, 3.05) is 19.0 Å². The van der Waals surface area contributed by atoms with E-state index < -0.39 is 6.04 Å². The number of para-hydroxylation sites is 2. The van der Waals surface area contributed by atoms with Crippen LogP contribution in [0.3, 0.4) is 0 Å². The molecule has 2 aromatic rings. The quantitative estimate of drug-likeness (QED) is 0.688. The molecule has 0 radical (unpaired) electrons. The van der Waals surface area contributed by atoms with Gasteiger partial charge < -0.3 is 20.3 Å². The highest BCUT2D eigenvalue weighted by molar-refractivity contribution is 7.80. The van der Waals surface area contributed by atoms with E-state index in [0.717, 1.165) is 12.1 Å². The molecule has 0 fully saturated rings. The van der Waals surface area contributed by atoms with Crippen molar-refractivity contribution in [2.24, 2.45) is 0 Å². The second-order valence-electron chi connectivity index (χ2n) is 6.74. The van der Waals surface area contributed by atoms with Gasteiger partial charge in [0.25, 0.3) is 5.91 Å². The fraction of sp³-hybridized carbons (Fsp3) is 0.273. The number of hydrogen-bond acceptors (Lipinski definition) is 3. The van der Waals surface area contributed by atoms with Crippen LogP contribution in [0.4, 0.5) is 10.1 Å². The largest absolute Gasteiger partial charge is 0.495 e. The third-order valence-electron chi connectivity index (χ3n) is 4.83. The molecule has 0 saturated heterocycles. The smallest absolute Gasteiger partial charge is 0.255 e. The van der Waals surface area contributed by atoms with Gasteiger partial charge in [0.2, 0.25) is 0 Å². The third kappa shape index (κ3) is 4.40. The molecule has 0 unspecified atom stereocenters. The van der Waals surface area contributed by atoms with E-state index in [1.54, 1.807) is 31.4 Å². The summed E-state index contributed by atoms with van der Waals surface area (Å²) in [6.07, 6.45) is 0.866. The van der Waals surface area contributed by atoms with Crippen LogP contribution in [0.15, 0.2) is 59.8 Å². The van der Waals surface area contributed by atoms with Crippen LogP contribution in [0.5, 0.6) is 5.75 Å². The Bertz CT molecular complexity index is 961. The van der Waals surface area contributed by atoms with E-state index in [1.807, 2.05) is 30.9 Å². The van der Waals surface area contributed by atoms with Crippen LogP contribution in [-0.4, -0.2) is 29.6 Å². The number of thiocarbonyl (C=S) groups is 1. The first kappa shape index (κ1) is 20.8. The third-order valence-corrected chi connectivity index (χ3v) is 5.16. The number of ether oxygens (including phenoxy) is 1. The van der Waals surface area contributed by atoms with Crippen molar-refractivity contribution in [3.63, 3.8) is 0 Å². The fourth-order valence-electron chi connectivity index (χ4n) is 3.44. The van der Waals surface area contributed by atoms with Crippen molar-refractivity contribution in [2.45, 2.75) is 26.3 Å². The van der Waals surface area contributed by atoms with Gasteiger partial charge in [-0.1, -0.05) is 31.2 Å². The zero-order valence-corrected chi connectivity index (χ0v) is 17.5. The van der Waals surface area contributed by atoms with Crippen molar-refractivity contribution in [3.8, 4) is 5.75 Å². The molecule has 1 aliphatic heterocycles. The van der Waals surface area contributed by atoms with Gasteiger partial charge in [0.05, 0.1) is 24.4 Å². The average Bonchev–Trinajstić information content (AvgIpc) is 2.71. The van der Waals surface area contributed by atoms with Crippen molar-refractivity contribution < 1.29 is 13.9 Å². The SMILES string of the molecule is CCCN1C(=S)N[C@@H](c2cccc(F)c2)C(C(=O)Nc2ccccc2OC)=C1C. The number of anilines is 1. The number of nitrogens with one attached hydrogen (secondary N) is 2. The molecule has 5 nitrogen and oxygen atoms in total. The van der Waals surface area contributed by atoms with E-state index in [9.17, 15) is 9.18 Å². The number of nitrogens with zero attached hydrogens (tertiary/aromatic N) is 1. The minimum absolute atomic E-state index is 0.294. The van der Waals surface area contributed by atoms with E-state index in [2.05, 4.69) is 10.6 Å². The van der Waals surface area contributed by atoms with Crippen LogP contribution in [-0.2, 0) is 4.79 Å². The van der Waals surface area contributed by atoms with Gasteiger partial charge in [-0.25, -0.2) is 4.39 Å². The van der Waals surface area contributed by atoms with Crippen LogP contribution in [0.2, 0.25) is 0 Å². The van der Waals surface area contributed by atoms with Crippen molar-refractivity contribution in [3.05, 3.63) is 71.2 Å². The molecule has 0 aliphatic carbocycles. The number of carbonyl (C=O) groups excluding carboxylic acids is 1. The summed E-state index contributed by atoms with van der Waals surface area (Å²) in [5.74, 6) is -0.100. The molecule has 1 atom stereocenters. The monoisotopic (exact) mass is 413 g/mol. The minimum atomic E-state index is -0.555. The Balaban J connectivity index is 2.04. The van der Waals surface area contributed by atoms with Crippen molar-refractivity contribution in [1.29, 1.82) is 0 Å². The number of hydrogen-bond donors (Lipinski definition) is 2. The highest BCUT2D eigenvalue weighted by atomic mass is 32.1. The highest BCUT2D eigenvalue weighted by Crippen LogP contribution is 2.33. The van der Waals surface area contributed by atoms with Crippen LogP contribution in [0, 0.1) is 5.82 Å². The zero-order chi connectivity index (χ0) is 21.0. The zero-order valence-electron chi connectivity index (χ0n) is 16.7. The highest BCUT2D eigenvalue weighted by Gasteiger charge is 2.34. The van der Waals surface area contributed by atoms with Gasteiger partial charge in [-0.3, -0.25) is 4.79 Å². The Labute approximate surface area is 175 Å². The Morgan fingerprint density at radius 3 is 2.72 bits per heavy atom. The van der Waals surface area contributed by atoms with Crippen LogP contribution in [0.25, 0.3) is 0 Å². The fourth-order valence-corrected chi connectivity index (χ4v) is 3.79. The lowest BCUT2D eigenvalue weighted by atomic mass is 9.94. The van der Waals surface area contributed by atoms with E-state index in [4.69, 9.17) is 17.0 Å². The lowest BCUT2D eigenvalue weighted by Gasteiger charge is -2.38. The molecule has 7 heteroatoms. The molecular formula is C22H24FN3O2S. The van der Waals surface area contributed by atoms with Gasteiger partial charge >= 0.3 is 0 Å². The Morgan fingerprint density at radius 2 is 2.03 bits per heavy atom. The molecule has 1 amide bonds. The lowest BCUT2D eigenvalue weighted by Crippen LogP contribution is -2.48. The van der Waals surface area contributed by atoms with Crippen molar-refractivity contribution in [1.82, 2.24) is 10.2 Å². The van der Waals surface area contributed by atoms with Gasteiger partial charge in [-0.2, -0.15) is 0 Å². The Kier molecular flexibility index (Phi) is 6.49. The molecule has 2 N–H and O–H groups in total. The number of rotatable bonds is 6. The van der Waals surface area contributed by atoms with Gasteiger partial charge in [-0.05, 0) is 55.4 Å². The summed E-state index contributed by atoms with van der Waals surface area (Å²) in [5, 5.41) is 6.66. The van der Waals surface area contributed by atoms with E-state index in [1.165, 1.54) is 12.1 Å². The lowest BCUT2D eigenvalue weighted by molar-refractivity contribution is -0.113. The molecule has 3 rings (SSSR count). The molecule has 0 spiro atoms. The van der Waals surface area contributed by atoms with Gasteiger partial charge in [-0.15, -0.1) is 0 Å². The maximum Gasteiger partial charge on any atom is 0.255 e. The Morgan fingerprint density at radius 1 is 1.28 bits per heavy atom. The second-order valence-corrected chi connectivity index (χ2v) is 7.13. The number of methoxy groups -OCH3 is 1. The molecule has 0 bridgehead atoms. The topological polar surface area (TPSA) is 53.6 Å². The maximum atomic E-state index is 13.9. The predicted molar refractivity (Wildman–Crippen MR) is 116 cm³/mol. The summed E-state index contributed by atoms with van der Waals surface area (Å²) < 4.78 is 19.2. The average molecular weight is 414 g/mol. The summed E-state index contributed by atoms with van der Waals surface area (Å²) in [5.41, 5.74) is 2.43. The summed E-state index contributed by atoms with van der Waals surface area (Å²) >= 11 is 5.52. The molecule has 29 heavy (non-hydrogen) atoms. The first-order valence-corrected chi connectivity index (χ1v) is 9.85. The van der Waals surface area contributed by atoms with Crippen LogP contribution in [0.1, 0.15) is 31.9 Å². The van der Waals surface area contributed by atoms with E-state index >= 15 is 0 Å². The van der Waals surface area contributed by atoms with Gasteiger partial charge in [0, 0.05) is 12.2 Å². The van der Waals surface area contributed by atoms with Crippen LogP contribution < -0.4 is 15.4 Å². The first-order valence-electron chi connectivity index (χ1n) is 9.44. The van der Waals surface area contributed by atoms with Gasteiger partial charge in [0.1, 0.15) is 11.6 Å². The number of allylic oxidation sites excluding steroid dienone is 1. The number of amides is 1. The van der Waals surface area contributed by atoms with E-state index in [-0.39, 0.29) is 11.7 Å². The summed E-state index contributed by atoms with van der Waals surface area (Å²) in [6, 6.07) is 12.8. The normalized spacial score (nSPS) is 16.5. The number of halogens is 1. The second kappa shape index (κ2) is 9.05. The minimum Gasteiger partial charge on any atom is -0.495 e. The number of benzene rings is 2. The summed E-state index contributed by atoms with van der Waals surface area (Å²) in [7, 11) is 1.55.